The maximum Gasteiger partial charge on any atom is 0.342 e. The number of sulfonamides is 1. The molecule has 174 valence electrons. The molecule has 3 N–H and O–H groups in total. The normalized spacial score (nSPS) is 11.1. The van der Waals surface area contributed by atoms with Crippen molar-refractivity contribution in [3.05, 3.63) is 94.5 Å². The molecule has 0 aliphatic carbocycles. The first-order chi connectivity index (χ1) is 16.3. The zero-order valence-corrected chi connectivity index (χ0v) is 19.8. The largest absolute Gasteiger partial charge is 0.507 e. The number of aromatic hydroxyl groups is 1. The molecule has 0 aliphatic heterocycles. The fourth-order valence-electron chi connectivity index (χ4n) is 2.89. The lowest BCUT2D eigenvalue weighted by Crippen LogP contribution is -2.14. The first kappa shape index (κ1) is 23.6. The number of phenolic OH excluding ortho intramolecular Hbond substituents is 1. The third kappa shape index (κ3) is 5.66. The molecule has 4 aromatic rings. The quantitative estimate of drug-likeness (QED) is 0.269. The third-order valence-corrected chi connectivity index (χ3v) is 7.04. The van der Waals surface area contributed by atoms with E-state index in [9.17, 15) is 18.3 Å². The highest BCUT2D eigenvalue weighted by Gasteiger charge is 2.21. The summed E-state index contributed by atoms with van der Waals surface area (Å²) in [6.45, 7) is -0.153. The number of benzene rings is 3. The summed E-state index contributed by atoms with van der Waals surface area (Å²) in [7, 11) is -4.07. The van der Waals surface area contributed by atoms with E-state index in [0.717, 1.165) is 17.8 Å². The van der Waals surface area contributed by atoms with E-state index in [-0.39, 0.29) is 27.8 Å². The Kier molecular flexibility index (Phi) is 7.01. The summed E-state index contributed by atoms with van der Waals surface area (Å²) in [6.07, 6.45) is 0. The minimum Gasteiger partial charge on any atom is -0.507 e. The number of halogens is 1. The molecule has 4 rings (SSSR count). The van der Waals surface area contributed by atoms with Gasteiger partial charge in [-0.25, -0.2) is 18.2 Å². The van der Waals surface area contributed by atoms with Crippen molar-refractivity contribution in [1.29, 1.82) is 0 Å². The number of anilines is 3. The van der Waals surface area contributed by atoms with E-state index in [2.05, 4.69) is 15.0 Å². The van der Waals surface area contributed by atoms with Crippen molar-refractivity contribution < 1.29 is 23.1 Å². The second-order valence-corrected chi connectivity index (χ2v) is 9.92. The molecule has 8 nitrogen and oxygen atoms in total. The van der Waals surface area contributed by atoms with Crippen molar-refractivity contribution in [2.45, 2.75) is 11.5 Å². The summed E-state index contributed by atoms with van der Waals surface area (Å²) in [6, 6.07) is 19.1. The Morgan fingerprint density at radius 3 is 2.56 bits per heavy atom. The number of carbonyl (C=O) groups excluding carboxylic acids is 1. The van der Waals surface area contributed by atoms with Crippen molar-refractivity contribution in [3.8, 4) is 5.75 Å². The molecule has 0 amide bonds. The van der Waals surface area contributed by atoms with Crippen molar-refractivity contribution in [3.63, 3.8) is 0 Å². The molecule has 34 heavy (non-hydrogen) atoms. The fraction of sp³-hybridized carbons (Fsp3) is 0.0435. The van der Waals surface area contributed by atoms with Crippen molar-refractivity contribution in [2.75, 3.05) is 10.0 Å². The van der Waals surface area contributed by atoms with E-state index in [4.69, 9.17) is 16.3 Å². The second-order valence-electron chi connectivity index (χ2n) is 6.98. The summed E-state index contributed by atoms with van der Waals surface area (Å²) in [5, 5.41) is 15.8. The molecule has 0 fully saturated rings. The Bertz CT molecular complexity index is 1430. The molecular weight excluding hydrogens is 498 g/mol. The predicted molar refractivity (Wildman–Crippen MR) is 131 cm³/mol. The molecule has 1 aromatic heterocycles. The van der Waals surface area contributed by atoms with Gasteiger partial charge in [0.15, 0.2) is 5.13 Å². The van der Waals surface area contributed by atoms with Crippen LogP contribution in [0.3, 0.4) is 0 Å². The highest BCUT2D eigenvalue weighted by atomic mass is 35.5. The van der Waals surface area contributed by atoms with Crippen LogP contribution in [0.5, 0.6) is 5.75 Å². The minimum atomic E-state index is -4.07. The van der Waals surface area contributed by atoms with E-state index in [1.165, 1.54) is 29.5 Å². The topological polar surface area (TPSA) is 118 Å². The van der Waals surface area contributed by atoms with Crippen LogP contribution in [-0.4, -0.2) is 24.5 Å². The van der Waals surface area contributed by atoms with Crippen LogP contribution in [0.25, 0.3) is 0 Å². The second kappa shape index (κ2) is 10.1. The zero-order chi connectivity index (χ0) is 24.1. The Morgan fingerprint density at radius 2 is 1.79 bits per heavy atom. The summed E-state index contributed by atoms with van der Waals surface area (Å²) in [4.78, 5) is 16.7. The number of hydrogen-bond donors (Lipinski definition) is 3. The molecule has 0 spiro atoms. The van der Waals surface area contributed by atoms with Gasteiger partial charge in [-0.2, -0.15) is 0 Å². The van der Waals surface area contributed by atoms with Crippen LogP contribution < -0.4 is 10.0 Å². The Morgan fingerprint density at radius 1 is 1.06 bits per heavy atom. The minimum absolute atomic E-state index is 0.153. The molecule has 0 saturated carbocycles. The van der Waals surface area contributed by atoms with E-state index < -0.39 is 21.7 Å². The molecule has 0 bridgehead atoms. The zero-order valence-electron chi connectivity index (χ0n) is 17.4. The number of aromatic nitrogens is 1. The van der Waals surface area contributed by atoms with Gasteiger partial charge in [0.25, 0.3) is 10.0 Å². The lowest BCUT2D eigenvalue weighted by Gasteiger charge is -2.11. The molecule has 11 heteroatoms. The summed E-state index contributed by atoms with van der Waals surface area (Å²) >= 11 is 7.36. The number of nitrogens with one attached hydrogen (secondary N) is 2. The molecular formula is C23H18ClN3O5S2. The maximum absolute atomic E-state index is 12.8. The number of ether oxygens (including phenoxy) is 1. The molecule has 1 heterocycles. The van der Waals surface area contributed by atoms with Gasteiger partial charge in [-0.15, -0.1) is 11.3 Å². The monoisotopic (exact) mass is 515 g/mol. The van der Waals surface area contributed by atoms with Gasteiger partial charge in [0.2, 0.25) is 0 Å². The Balaban J connectivity index is 1.44. The number of carbonyl (C=O) groups is 1. The van der Waals surface area contributed by atoms with Crippen LogP contribution in [0.15, 0.2) is 83.1 Å². The van der Waals surface area contributed by atoms with Gasteiger partial charge >= 0.3 is 5.97 Å². The van der Waals surface area contributed by atoms with Crippen LogP contribution in [0.4, 0.5) is 16.5 Å². The van der Waals surface area contributed by atoms with Crippen LogP contribution >= 0.6 is 22.9 Å². The number of thiazole rings is 1. The number of hydrogen-bond acceptors (Lipinski definition) is 8. The van der Waals surface area contributed by atoms with E-state index in [1.807, 2.05) is 30.3 Å². The number of nitrogens with zero attached hydrogens (tertiary/aromatic N) is 1. The Hall–Kier alpha value is -3.60. The van der Waals surface area contributed by atoms with E-state index in [1.54, 1.807) is 17.5 Å². The number of phenols is 1. The number of esters is 1. The lowest BCUT2D eigenvalue weighted by molar-refractivity contribution is 0.0465. The van der Waals surface area contributed by atoms with Crippen LogP contribution in [0.2, 0.25) is 5.02 Å². The first-order valence-electron chi connectivity index (χ1n) is 9.86. The maximum atomic E-state index is 12.8. The lowest BCUT2D eigenvalue weighted by atomic mass is 10.2. The van der Waals surface area contributed by atoms with Gasteiger partial charge in [0.1, 0.15) is 17.9 Å². The third-order valence-electron chi connectivity index (χ3n) is 4.54. The Labute approximate surface area is 204 Å². The van der Waals surface area contributed by atoms with Gasteiger partial charge < -0.3 is 15.2 Å². The first-order valence-corrected chi connectivity index (χ1v) is 12.6. The van der Waals surface area contributed by atoms with Gasteiger partial charge in [-0.3, -0.25) is 4.72 Å². The molecule has 3 aromatic carbocycles. The molecule has 0 aliphatic rings. The van der Waals surface area contributed by atoms with Crippen LogP contribution in [0, 0.1) is 0 Å². The SMILES string of the molecule is O=C(OCc1csc(Nc2ccccc2)n1)c1cc(S(=O)(=O)Nc2ccccc2Cl)ccc1O. The fourth-order valence-corrected chi connectivity index (χ4v) is 4.95. The predicted octanol–water partition coefficient (Wildman–Crippen LogP) is 5.40. The number of rotatable bonds is 8. The summed E-state index contributed by atoms with van der Waals surface area (Å²) < 4.78 is 33.1. The van der Waals surface area contributed by atoms with Gasteiger partial charge in [0.05, 0.1) is 21.3 Å². The molecule has 0 atom stereocenters. The van der Waals surface area contributed by atoms with E-state index in [0.29, 0.717) is 10.8 Å². The van der Waals surface area contributed by atoms with Gasteiger partial charge in [0, 0.05) is 11.1 Å². The highest BCUT2D eigenvalue weighted by molar-refractivity contribution is 7.92. The van der Waals surface area contributed by atoms with Crippen LogP contribution in [0.1, 0.15) is 16.1 Å². The van der Waals surface area contributed by atoms with Crippen molar-refractivity contribution in [1.82, 2.24) is 4.98 Å². The van der Waals surface area contributed by atoms with Crippen molar-refractivity contribution in [2.24, 2.45) is 0 Å². The van der Waals surface area contributed by atoms with Crippen molar-refractivity contribution >= 4 is 55.4 Å². The summed E-state index contributed by atoms with van der Waals surface area (Å²) in [5.41, 5.74) is 1.26. The van der Waals surface area contributed by atoms with E-state index >= 15 is 0 Å². The molecule has 0 radical (unpaired) electrons. The van der Waals surface area contributed by atoms with Gasteiger partial charge in [-0.1, -0.05) is 41.9 Å². The molecule has 0 saturated heterocycles. The smallest absolute Gasteiger partial charge is 0.342 e. The van der Waals surface area contributed by atoms with Gasteiger partial charge in [-0.05, 0) is 42.5 Å². The van der Waals surface area contributed by atoms with Crippen LogP contribution in [-0.2, 0) is 21.4 Å². The molecule has 0 unspecified atom stereocenters. The standard InChI is InChI=1S/C23H18ClN3O5S2/c24-19-8-4-5-9-20(19)27-34(30,31)17-10-11-21(28)18(12-17)22(29)32-13-16-14-33-23(26-16)25-15-6-2-1-3-7-15/h1-12,14,27-28H,13H2,(H,25,26). The highest BCUT2D eigenvalue weighted by Crippen LogP contribution is 2.27. The average molecular weight is 516 g/mol. The number of para-hydroxylation sites is 2. The average Bonchev–Trinajstić information content (AvgIpc) is 3.27. The summed E-state index contributed by atoms with van der Waals surface area (Å²) in [5.74, 6) is -1.30.